The SMILES string of the molecule is OC(CCl)CNc1ccc2ncccc2c1. The van der Waals surface area contributed by atoms with E-state index < -0.39 is 6.10 Å². The highest BCUT2D eigenvalue weighted by Gasteiger charge is 2.01. The molecule has 0 spiro atoms. The summed E-state index contributed by atoms with van der Waals surface area (Å²) in [7, 11) is 0. The lowest BCUT2D eigenvalue weighted by molar-refractivity contribution is 0.211. The van der Waals surface area contributed by atoms with Crippen molar-refractivity contribution in [1.29, 1.82) is 0 Å². The molecule has 2 aromatic rings. The molecule has 2 N–H and O–H groups in total. The third-order valence-electron chi connectivity index (χ3n) is 2.32. The van der Waals surface area contributed by atoms with Crippen LogP contribution in [0.15, 0.2) is 36.5 Å². The fourth-order valence-corrected chi connectivity index (χ4v) is 1.58. The molecule has 0 aliphatic carbocycles. The first-order valence-corrected chi connectivity index (χ1v) is 5.66. The maximum absolute atomic E-state index is 9.33. The standard InChI is InChI=1S/C12H13ClN2O/c13-7-11(16)8-15-10-3-4-12-9(6-10)2-1-5-14-12/h1-6,11,15-16H,7-8H2. The number of fused-ring (bicyclic) bond motifs is 1. The summed E-state index contributed by atoms with van der Waals surface area (Å²) in [5.74, 6) is 0.238. The molecular formula is C12H13ClN2O. The van der Waals surface area contributed by atoms with Crippen LogP contribution < -0.4 is 5.32 Å². The quantitative estimate of drug-likeness (QED) is 0.801. The van der Waals surface area contributed by atoms with Crippen molar-refractivity contribution >= 4 is 28.2 Å². The highest BCUT2D eigenvalue weighted by molar-refractivity contribution is 6.18. The van der Waals surface area contributed by atoms with Gasteiger partial charge in [-0.05, 0) is 24.3 Å². The largest absolute Gasteiger partial charge is 0.390 e. The number of halogens is 1. The molecule has 1 atom stereocenters. The molecule has 0 aliphatic heterocycles. The lowest BCUT2D eigenvalue weighted by atomic mass is 10.2. The minimum absolute atomic E-state index is 0.238. The van der Waals surface area contributed by atoms with E-state index in [-0.39, 0.29) is 5.88 Å². The number of nitrogens with zero attached hydrogens (tertiary/aromatic N) is 1. The zero-order valence-corrected chi connectivity index (χ0v) is 9.48. The number of hydrogen-bond donors (Lipinski definition) is 2. The van der Waals surface area contributed by atoms with Crippen molar-refractivity contribution in [3.05, 3.63) is 36.5 Å². The number of hydrogen-bond acceptors (Lipinski definition) is 3. The zero-order valence-electron chi connectivity index (χ0n) is 8.73. The highest BCUT2D eigenvalue weighted by Crippen LogP contribution is 2.16. The van der Waals surface area contributed by atoms with Crippen LogP contribution in [0.5, 0.6) is 0 Å². The van der Waals surface area contributed by atoms with Crippen LogP contribution in [0.2, 0.25) is 0 Å². The van der Waals surface area contributed by atoms with Crippen LogP contribution in [-0.2, 0) is 0 Å². The van der Waals surface area contributed by atoms with Gasteiger partial charge in [0, 0.05) is 23.8 Å². The lowest BCUT2D eigenvalue weighted by Crippen LogP contribution is -2.20. The number of benzene rings is 1. The molecule has 1 aromatic heterocycles. The molecule has 0 saturated carbocycles. The van der Waals surface area contributed by atoms with Crippen molar-refractivity contribution in [3.63, 3.8) is 0 Å². The summed E-state index contributed by atoms with van der Waals surface area (Å²) in [6.07, 6.45) is 1.25. The fraction of sp³-hybridized carbons (Fsp3) is 0.250. The van der Waals surface area contributed by atoms with Crippen molar-refractivity contribution < 1.29 is 5.11 Å². The number of anilines is 1. The van der Waals surface area contributed by atoms with Crippen molar-refractivity contribution in [1.82, 2.24) is 4.98 Å². The summed E-state index contributed by atoms with van der Waals surface area (Å²) >= 11 is 5.51. The number of alkyl halides is 1. The second-order valence-corrected chi connectivity index (χ2v) is 3.91. The Balaban J connectivity index is 2.13. The number of aliphatic hydroxyl groups excluding tert-OH is 1. The molecular weight excluding hydrogens is 224 g/mol. The van der Waals surface area contributed by atoms with Crippen molar-refractivity contribution in [2.75, 3.05) is 17.7 Å². The normalized spacial score (nSPS) is 12.6. The van der Waals surface area contributed by atoms with Crippen LogP contribution in [0.1, 0.15) is 0 Å². The first-order chi connectivity index (χ1) is 7.79. The summed E-state index contributed by atoms with van der Waals surface area (Å²) < 4.78 is 0. The van der Waals surface area contributed by atoms with Gasteiger partial charge in [0.2, 0.25) is 0 Å². The van der Waals surface area contributed by atoms with E-state index in [0.29, 0.717) is 6.54 Å². The van der Waals surface area contributed by atoms with E-state index in [1.54, 1.807) is 6.20 Å². The molecule has 0 fully saturated rings. The van der Waals surface area contributed by atoms with E-state index in [1.807, 2.05) is 30.3 Å². The molecule has 0 bridgehead atoms. The Labute approximate surface area is 99.1 Å². The van der Waals surface area contributed by atoms with Crippen molar-refractivity contribution in [2.24, 2.45) is 0 Å². The molecule has 3 nitrogen and oxygen atoms in total. The van der Waals surface area contributed by atoms with E-state index in [4.69, 9.17) is 11.6 Å². The van der Waals surface area contributed by atoms with Crippen molar-refractivity contribution in [3.8, 4) is 0 Å². The first kappa shape index (κ1) is 11.2. The Bertz CT molecular complexity index is 475. The fourth-order valence-electron chi connectivity index (χ4n) is 1.48. The van der Waals surface area contributed by atoms with Gasteiger partial charge in [-0.25, -0.2) is 0 Å². The predicted molar refractivity (Wildman–Crippen MR) is 67.0 cm³/mol. The van der Waals surface area contributed by atoms with Crippen LogP contribution in [0.25, 0.3) is 10.9 Å². The number of pyridine rings is 1. The maximum atomic E-state index is 9.33. The molecule has 1 unspecified atom stereocenters. The van der Waals surface area contributed by atoms with Gasteiger partial charge in [-0.15, -0.1) is 11.6 Å². The van der Waals surface area contributed by atoms with Crippen LogP contribution >= 0.6 is 11.6 Å². The van der Waals surface area contributed by atoms with Gasteiger partial charge < -0.3 is 10.4 Å². The molecule has 4 heteroatoms. The maximum Gasteiger partial charge on any atom is 0.0847 e. The summed E-state index contributed by atoms with van der Waals surface area (Å²) in [5.41, 5.74) is 1.93. The van der Waals surface area contributed by atoms with Gasteiger partial charge in [-0.2, -0.15) is 0 Å². The van der Waals surface area contributed by atoms with Gasteiger partial charge in [0.25, 0.3) is 0 Å². The molecule has 16 heavy (non-hydrogen) atoms. The molecule has 0 radical (unpaired) electrons. The van der Waals surface area contributed by atoms with Crippen molar-refractivity contribution in [2.45, 2.75) is 6.10 Å². The predicted octanol–water partition coefficient (Wildman–Crippen LogP) is 2.25. The van der Waals surface area contributed by atoms with E-state index in [0.717, 1.165) is 16.6 Å². The molecule has 0 saturated heterocycles. The first-order valence-electron chi connectivity index (χ1n) is 5.12. The summed E-state index contributed by atoms with van der Waals surface area (Å²) in [6, 6.07) is 9.80. The number of aromatic nitrogens is 1. The molecule has 0 amide bonds. The second-order valence-electron chi connectivity index (χ2n) is 3.60. The van der Waals surface area contributed by atoms with E-state index in [2.05, 4.69) is 10.3 Å². The van der Waals surface area contributed by atoms with Crippen LogP contribution in [-0.4, -0.2) is 28.6 Å². The monoisotopic (exact) mass is 236 g/mol. The van der Waals surface area contributed by atoms with Gasteiger partial charge in [0.15, 0.2) is 0 Å². The van der Waals surface area contributed by atoms with Gasteiger partial charge in [0.05, 0.1) is 17.5 Å². The van der Waals surface area contributed by atoms with E-state index in [9.17, 15) is 5.11 Å². The lowest BCUT2D eigenvalue weighted by Gasteiger charge is -2.10. The summed E-state index contributed by atoms with van der Waals surface area (Å²) in [4.78, 5) is 4.24. The van der Waals surface area contributed by atoms with E-state index >= 15 is 0 Å². The third-order valence-corrected chi connectivity index (χ3v) is 2.68. The zero-order chi connectivity index (χ0) is 11.4. The minimum Gasteiger partial charge on any atom is -0.390 e. The van der Waals surface area contributed by atoms with E-state index in [1.165, 1.54) is 0 Å². The third kappa shape index (κ3) is 2.62. The second kappa shape index (κ2) is 5.14. The summed E-state index contributed by atoms with van der Waals surface area (Å²) in [5, 5.41) is 13.5. The number of nitrogens with one attached hydrogen (secondary N) is 1. The molecule has 2 rings (SSSR count). The summed E-state index contributed by atoms with van der Waals surface area (Å²) in [6.45, 7) is 0.454. The molecule has 84 valence electrons. The smallest absolute Gasteiger partial charge is 0.0847 e. The number of rotatable bonds is 4. The van der Waals surface area contributed by atoms with Gasteiger partial charge in [-0.3, -0.25) is 4.98 Å². The minimum atomic E-state index is -0.522. The Kier molecular flexibility index (Phi) is 3.59. The van der Waals surface area contributed by atoms with Crippen LogP contribution in [0.4, 0.5) is 5.69 Å². The number of aliphatic hydroxyl groups is 1. The molecule has 1 aromatic carbocycles. The Hall–Kier alpha value is -1.32. The van der Waals surface area contributed by atoms with Gasteiger partial charge >= 0.3 is 0 Å². The Morgan fingerprint density at radius 2 is 2.25 bits per heavy atom. The van der Waals surface area contributed by atoms with Crippen LogP contribution in [0.3, 0.4) is 0 Å². The average molecular weight is 237 g/mol. The average Bonchev–Trinajstić information content (AvgIpc) is 2.35. The topological polar surface area (TPSA) is 45.1 Å². The molecule has 1 heterocycles. The Morgan fingerprint density at radius 1 is 1.38 bits per heavy atom. The highest BCUT2D eigenvalue weighted by atomic mass is 35.5. The Morgan fingerprint density at radius 3 is 3.06 bits per heavy atom. The van der Waals surface area contributed by atoms with Gasteiger partial charge in [-0.1, -0.05) is 6.07 Å². The van der Waals surface area contributed by atoms with Crippen LogP contribution in [0, 0.1) is 0 Å². The molecule has 0 aliphatic rings. The van der Waals surface area contributed by atoms with Gasteiger partial charge in [0.1, 0.15) is 0 Å².